The predicted octanol–water partition coefficient (Wildman–Crippen LogP) is 1.91. The quantitative estimate of drug-likeness (QED) is 0.748. The summed E-state index contributed by atoms with van der Waals surface area (Å²) in [6, 6.07) is 7.08. The van der Waals surface area contributed by atoms with Crippen molar-refractivity contribution >= 4 is 5.97 Å². The lowest BCUT2D eigenvalue weighted by atomic mass is 9.84. The van der Waals surface area contributed by atoms with Crippen molar-refractivity contribution in [2.75, 3.05) is 6.54 Å². The molecule has 1 aromatic carbocycles. The number of hydrogen-bond donors (Lipinski definition) is 3. The zero-order valence-corrected chi connectivity index (χ0v) is 9.60. The number of carbonyl (C=O) groups is 1. The number of rotatable bonds is 3. The molecule has 0 amide bonds. The van der Waals surface area contributed by atoms with Gasteiger partial charge in [0, 0.05) is 12.5 Å². The van der Waals surface area contributed by atoms with Crippen LogP contribution in [-0.4, -0.2) is 22.7 Å². The standard InChI is InChI=1S/C13H17NO3/c15-11-5-3-9(4-6-11)13-10(8-12(16)17)2-1-7-14-13/h3-6,10,13-15H,1-2,7-8H2,(H,16,17)/t10-,13-/m1/s1. The lowest BCUT2D eigenvalue weighted by Gasteiger charge is -2.32. The molecule has 0 aromatic heterocycles. The summed E-state index contributed by atoms with van der Waals surface area (Å²) in [6.07, 6.45) is 2.15. The Morgan fingerprint density at radius 1 is 1.35 bits per heavy atom. The molecule has 1 saturated heterocycles. The number of phenolic OH excluding ortho intramolecular Hbond substituents is 1. The van der Waals surface area contributed by atoms with E-state index in [1.807, 2.05) is 12.1 Å². The van der Waals surface area contributed by atoms with Crippen molar-refractivity contribution < 1.29 is 15.0 Å². The number of piperidine rings is 1. The topological polar surface area (TPSA) is 69.6 Å². The van der Waals surface area contributed by atoms with Crippen LogP contribution < -0.4 is 5.32 Å². The van der Waals surface area contributed by atoms with Gasteiger partial charge in [0.25, 0.3) is 0 Å². The molecule has 1 aliphatic rings. The van der Waals surface area contributed by atoms with Gasteiger partial charge in [-0.25, -0.2) is 0 Å². The second kappa shape index (κ2) is 5.19. The summed E-state index contributed by atoms with van der Waals surface area (Å²) in [6.45, 7) is 0.918. The Hall–Kier alpha value is -1.55. The number of carboxylic acids is 1. The molecule has 2 atom stereocenters. The van der Waals surface area contributed by atoms with E-state index < -0.39 is 5.97 Å². The van der Waals surface area contributed by atoms with Gasteiger partial charge in [0.1, 0.15) is 5.75 Å². The first-order chi connectivity index (χ1) is 8.16. The summed E-state index contributed by atoms with van der Waals surface area (Å²) in [5, 5.41) is 21.5. The molecule has 0 spiro atoms. The molecule has 1 aromatic rings. The summed E-state index contributed by atoms with van der Waals surface area (Å²) in [5.41, 5.74) is 1.05. The highest BCUT2D eigenvalue weighted by molar-refractivity contribution is 5.67. The van der Waals surface area contributed by atoms with Crippen LogP contribution >= 0.6 is 0 Å². The number of carboxylic acid groups (broad SMARTS) is 1. The largest absolute Gasteiger partial charge is 0.508 e. The van der Waals surface area contributed by atoms with E-state index in [0.717, 1.165) is 24.9 Å². The van der Waals surface area contributed by atoms with Crippen molar-refractivity contribution in [3.05, 3.63) is 29.8 Å². The second-order valence-electron chi connectivity index (χ2n) is 4.52. The highest BCUT2D eigenvalue weighted by Gasteiger charge is 2.27. The van der Waals surface area contributed by atoms with Crippen LogP contribution in [0, 0.1) is 5.92 Å². The summed E-state index contributed by atoms with van der Waals surface area (Å²) < 4.78 is 0. The third-order valence-electron chi connectivity index (χ3n) is 3.28. The molecule has 92 valence electrons. The fourth-order valence-electron chi connectivity index (χ4n) is 2.47. The van der Waals surface area contributed by atoms with Crippen molar-refractivity contribution in [3.8, 4) is 5.75 Å². The molecule has 17 heavy (non-hydrogen) atoms. The van der Waals surface area contributed by atoms with Crippen LogP contribution in [0.15, 0.2) is 24.3 Å². The fourth-order valence-corrected chi connectivity index (χ4v) is 2.47. The number of phenols is 1. The van der Waals surface area contributed by atoms with Crippen molar-refractivity contribution in [3.63, 3.8) is 0 Å². The van der Waals surface area contributed by atoms with Gasteiger partial charge in [0.05, 0.1) is 0 Å². The molecular formula is C13H17NO3. The normalized spacial score (nSPS) is 24.5. The van der Waals surface area contributed by atoms with Crippen LogP contribution in [0.4, 0.5) is 0 Å². The highest BCUT2D eigenvalue weighted by Crippen LogP contribution is 2.32. The molecule has 0 radical (unpaired) electrons. The number of aliphatic carboxylic acids is 1. The Labute approximate surface area is 100 Å². The average molecular weight is 235 g/mol. The summed E-state index contributed by atoms with van der Waals surface area (Å²) in [4.78, 5) is 10.8. The van der Waals surface area contributed by atoms with Crippen LogP contribution in [0.2, 0.25) is 0 Å². The first-order valence-corrected chi connectivity index (χ1v) is 5.91. The van der Waals surface area contributed by atoms with Gasteiger partial charge in [0.15, 0.2) is 0 Å². The summed E-state index contributed by atoms with van der Waals surface area (Å²) >= 11 is 0. The van der Waals surface area contributed by atoms with Gasteiger partial charge in [0.2, 0.25) is 0 Å². The number of aromatic hydroxyl groups is 1. The van der Waals surface area contributed by atoms with Crippen molar-refractivity contribution in [2.24, 2.45) is 5.92 Å². The minimum atomic E-state index is -0.748. The minimum absolute atomic E-state index is 0.0837. The second-order valence-corrected chi connectivity index (χ2v) is 4.52. The maximum absolute atomic E-state index is 10.8. The smallest absolute Gasteiger partial charge is 0.303 e. The van der Waals surface area contributed by atoms with E-state index in [1.165, 1.54) is 0 Å². The van der Waals surface area contributed by atoms with Gasteiger partial charge in [-0.15, -0.1) is 0 Å². The Balaban J connectivity index is 2.15. The highest BCUT2D eigenvalue weighted by atomic mass is 16.4. The molecule has 1 heterocycles. The lowest BCUT2D eigenvalue weighted by molar-refractivity contribution is -0.138. The zero-order chi connectivity index (χ0) is 12.3. The van der Waals surface area contributed by atoms with Gasteiger partial charge >= 0.3 is 5.97 Å². The van der Waals surface area contributed by atoms with E-state index in [4.69, 9.17) is 5.11 Å². The molecule has 4 nitrogen and oxygen atoms in total. The summed E-state index contributed by atoms with van der Waals surface area (Å²) in [5.74, 6) is -0.382. The number of benzene rings is 1. The lowest BCUT2D eigenvalue weighted by Crippen LogP contribution is -2.35. The van der Waals surface area contributed by atoms with Gasteiger partial charge in [-0.1, -0.05) is 12.1 Å². The Kier molecular flexibility index (Phi) is 3.64. The van der Waals surface area contributed by atoms with E-state index in [2.05, 4.69) is 5.32 Å². The maximum atomic E-state index is 10.8. The van der Waals surface area contributed by atoms with Crippen molar-refractivity contribution in [1.29, 1.82) is 0 Å². The number of hydrogen-bond acceptors (Lipinski definition) is 3. The van der Waals surface area contributed by atoms with E-state index in [0.29, 0.717) is 0 Å². The molecule has 3 N–H and O–H groups in total. The molecule has 0 unspecified atom stereocenters. The Morgan fingerprint density at radius 2 is 2.06 bits per heavy atom. The maximum Gasteiger partial charge on any atom is 0.303 e. The predicted molar refractivity (Wildman–Crippen MR) is 63.8 cm³/mol. The molecule has 0 aliphatic carbocycles. The summed E-state index contributed by atoms with van der Waals surface area (Å²) in [7, 11) is 0. The molecule has 4 heteroatoms. The minimum Gasteiger partial charge on any atom is -0.508 e. The van der Waals surface area contributed by atoms with Crippen LogP contribution in [-0.2, 0) is 4.79 Å². The van der Waals surface area contributed by atoms with Crippen molar-refractivity contribution in [2.45, 2.75) is 25.3 Å². The van der Waals surface area contributed by atoms with Gasteiger partial charge in [-0.3, -0.25) is 4.79 Å². The van der Waals surface area contributed by atoms with Crippen molar-refractivity contribution in [1.82, 2.24) is 5.32 Å². The molecule has 0 saturated carbocycles. The first-order valence-electron chi connectivity index (χ1n) is 5.91. The third-order valence-corrected chi connectivity index (χ3v) is 3.28. The van der Waals surface area contributed by atoms with Gasteiger partial charge < -0.3 is 15.5 Å². The van der Waals surface area contributed by atoms with Crippen LogP contribution in [0.5, 0.6) is 5.75 Å². The van der Waals surface area contributed by atoms with E-state index >= 15 is 0 Å². The fraction of sp³-hybridized carbons (Fsp3) is 0.462. The van der Waals surface area contributed by atoms with Gasteiger partial charge in [-0.2, -0.15) is 0 Å². The van der Waals surface area contributed by atoms with Crippen LogP contribution in [0.25, 0.3) is 0 Å². The Bertz CT molecular complexity index is 388. The van der Waals surface area contributed by atoms with E-state index in [9.17, 15) is 9.90 Å². The average Bonchev–Trinajstić information content (AvgIpc) is 2.30. The van der Waals surface area contributed by atoms with E-state index in [-0.39, 0.29) is 24.1 Å². The molecule has 2 rings (SSSR count). The SMILES string of the molecule is O=C(O)C[C@H]1CCCN[C@@H]1c1ccc(O)cc1. The number of nitrogens with one attached hydrogen (secondary N) is 1. The molecular weight excluding hydrogens is 218 g/mol. The zero-order valence-electron chi connectivity index (χ0n) is 9.60. The van der Waals surface area contributed by atoms with E-state index in [1.54, 1.807) is 12.1 Å². The molecule has 1 fully saturated rings. The van der Waals surface area contributed by atoms with Gasteiger partial charge in [-0.05, 0) is 43.0 Å². The monoisotopic (exact) mass is 235 g/mol. The molecule has 0 bridgehead atoms. The first kappa shape index (κ1) is 11.9. The van der Waals surface area contributed by atoms with Crippen LogP contribution in [0.3, 0.4) is 0 Å². The third kappa shape index (κ3) is 2.97. The molecule has 1 aliphatic heterocycles. The van der Waals surface area contributed by atoms with Crippen LogP contribution in [0.1, 0.15) is 30.9 Å². The Morgan fingerprint density at radius 3 is 2.71 bits per heavy atom.